The fourth-order valence-electron chi connectivity index (χ4n) is 11.4. The second-order valence-corrected chi connectivity index (χ2v) is 30.6. The molecule has 0 unspecified atom stereocenters. The number of carbonyl (C=O) groups is 1. The maximum atomic E-state index is 13.9. The Labute approximate surface area is 678 Å². The summed E-state index contributed by atoms with van der Waals surface area (Å²) in [6.45, 7) is 17.0. The van der Waals surface area contributed by atoms with E-state index in [2.05, 4.69) is 64.7 Å². The van der Waals surface area contributed by atoms with Crippen molar-refractivity contribution >= 4 is 32.5 Å². The molecule has 38 nitrogen and oxygen atoms in total. The van der Waals surface area contributed by atoms with E-state index in [-0.39, 0.29) is 57.4 Å². The summed E-state index contributed by atoms with van der Waals surface area (Å²) in [5.41, 5.74) is 3.03. The van der Waals surface area contributed by atoms with Crippen molar-refractivity contribution in [2.45, 2.75) is 132 Å². The molecule has 2 aromatic heterocycles. The number of aliphatic hydroxyl groups is 6. The van der Waals surface area contributed by atoms with Gasteiger partial charge in [-0.15, -0.1) is 10.2 Å². The summed E-state index contributed by atoms with van der Waals surface area (Å²) in [4.78, 5) is 51.0. The number of benzene rings is 3. The van der Waals surface area contributed by atoms with Gasteiger partial charge in [-0.25, -0.2) is 22.5 Å². The zero-order valence-electron chi connectivity index (χ0n) is 65.2. The van der Waals surface area contributed by atoms with Crippen molar-refractivity contribution in [3.05, 3.63) is 126 Å². The Morgan fingerprint density at radius 2 is 0.797 bits per heavy atom. The molecule has 4 heterocycles. The van der Waals surface area contributed by atoms with Crippen LogP contribution in [0.15, 0.2) is 85.7 Å². The Morgan fingerprint density at radius 3 is 1.16 bits per heavy atom. The number of aryl methyl sites for hydroxylation is 2. The van der Waals surface area contributed by atoms with Crippen molar-refractivity contribution < 1.29 is 152 Å². The molecule has 2 aliphatic heterocycles. The molecule has 118 heavy (non-hydrogen) atoms. The van der Waals surface area contributed by atoms with Crippen LogP contribution < -0.4 is 35.5 Å². The molecule has 0 aliphatic carbocycles. The normalized spacial score (nSPS) is 19.7. The van der Waals surface area contributed by atoms with Crippen LogP contribution in [0, 0.1) is 29.1 Å². The fourth-order valence-corrected chi connectivity index (χ4v) is 12.5. The fraction of sp³-hybridized carbons (Fsp3) is 0.630. The van der Waals surface area contributed by atoms with Gasteiger partial charge in [-0.1, -0.05) is 23.6 Å². The van der Waals surface area contributed by atoms with Crippen LogP contribution in [-0.4, -0.2) is 316 Å². The van der Waals surface area contributed by atoms with Crippen LogP contribution in [0.2, 0.25) is 0 Å². The molecule has 0 spiro atoms. The van der Waals surface area contributed by atoms with Crippen LogP contribution >= 0.6 is 15.2 Å². The summed E-state index contributed by atoms with van der Waals surface area (Å²) in [5.74, 6) is -12.7. The Morgan fingerprint density at radius 1 is 0.458 bits per heavy atom. The number of hydrogen-bond donors (Lipinski definition) is 14. The molecule has 10 atom stereocenters. The second kappa shape index (κ2) is 53.0. The summed E-state index contributed by atoms with van der Waals surface area (Å²) in [6.07, 6.45) is -8.57. The highest BCUT2D eigenvalue weighted by atomic mass is 31.2. The van der Waals surface area contributed by atoms with Gasteiger partial charge in [0.25, 0.3) is 0 Å². The number of nitrogens with zero attached hydrogens (tertiary/aromatic N) is 7. The number of ether oxygens (including phenoxy) is 14. The van der Waals surface area contributed by atoms with E-state index >= 15 is 0 Å². The summed E-state index contributed by atoms with van der Waals surface area (Å²) in [5, 5.41) is 91.7. The van der Waals surface area contributed by atoms with Gasteiger partial charge in [0.15, 0.2) is 0 Å². The first kappa shape index (κ1) is 98.0. The number of anilines is 2. The Hall–Kier alpha value is -7.08. The van der Waals surface area contributed by atoms with Gasteiger partial charge in [0, 0.05) is 56.5 Å². The number of aliphatic hydroxyl groups excluding tert-OH is 6. The van der Waals surface area contributed by atoms with Gasteiger partial charge in [-0.3, -0.25) is 18.8 Å². The lowest BCUT2D eigenvalue weighted by Gasteiger charge is -2.40. The van der Waals surface area contributed by atoms with Gasteiger partial charge in [0.1, 0.15) is 48.1 Å². The molecule has 2 saturated heterocycles. The lowest BCUT2D eigenvalue weighted by Crippen LogP contribution is -2.59. The summed E-state index contributed by atoms with van der Waals surface area (Å²) in [7, 11) is -8.80. The minimum atomic E-state index is -4.40. The number of esters is 1. The van der Waals surface area contributed by atoms with Gasteiger partial charge in [-0.2, -0.15) is 8.78 Å². The molecule has 0 bridgehead atoms. The summed E-state index contributed by atoms with van der Waals surface area (Å²) in [6, 6.07) is 13.1. The minimum absolute atomic E-state index is 0.0164. The van der Waals surface area contributed by atoms with Gasteiger partial charge in [-0.05, 0) is 99.9 Å². The van der Waals surface area contributed by atoms with E-state index in [1.807, 2.05) is 12.4 Å². The van der Waals surface area contributed by atoms with Crippen molar-refractivity contribution in [1.82, 2.24) is 45.5 Å². The monoisotopic (exact) mass is 1730 g/mol. The number of carbonyl (C=O) groups excluding carboxylic acids is 1. The number of nitrogens with one attached hydrogen (secondary N) is 4. The number of aromatic nitrogens is 6. The topological polar surface area (TPSA) is 496 Å². The third kappa shape index (κ3) is 37.1. The Kier molecular flexibility index (Phi) is 44.0. The van der Waals surface area contributed by atoms with Gasteiger partial charge >= 0.3 is 21.2 Å². The molecule has 664 valence electrons. The van der Waals surface area contributed by atoms with Crippen LogP contribution in [0.25, 0.3) is 0 Å². The Bertz CT molecular complexity index is 3610. The lowest BCUT2D eigenvalue weighted by molar-refractivity contribution is -0.272. The van der Waals surface area contributed by atoms with E-state index in [0.717, 1.165) is 37.1 Å². The van der Waals surface area contributed by atoms with Crippen LogP contribution in [-0.2, 0) is 92.0 Å². The van der Waals surface area contributed by atoms with E-state index < -0.39 is 136 Å². The summed E-state index contributed by atoms with van der Waals surface area (Å²) < 4.78 is 172. The number of unbranched alkanes of at least 4 members (excludes halogenated alkanes) is 2. The highest BCUT2D eigenvalue weighted by Crippen LogP contribution is 2.39. The third-order valence-electron chi connectivity index (χ3n) is 17.8. The van der Waals surface area contributed by atoms with Gasteiger partial charge in [0.2, 0.25) is 47.4 Å². The van der Waals surface area contributed by atoms with Gasteiger partial charge in [0.05, 0.1) is 186 Å². The first-order chi connectivity index (χ1) is 56.6. The largest absolute Gasteiger partial charge is 0.462 e. The molecule has 14 N–H and O–H groups in total. The molecular weight excluding hydrogens is 1620 g/mol. The standard InChI is InChI=1S/C73H110F5N11O27P2/c1-49(81-51-9-13-55(14-10-51)112-72-69(95)67(93)65(91)57(114-72)18-45-117(97,98)99)79-20-5-3-7-53-47-88(85-83-53)25-31-107-37-43-110-41-35-105-29-23-87(22-28-104-34-40-109-39-33-103-27-17-59(90)116-71-63(77)61(75)60(74)62(76)64(71)78)24-30-106-36-42-111-44-38-108-32-26-89-48-54(84-86-89)8-4-6-21-80-50(2)82-52-11-15-56(16-12-52)113-73-70(96)68(94)66(92)58(115-73)19-46-118(100,101)102/h9-16,47-48,57-58,65-70,72-73,79-82,91-96H,1-8,17-46H2,(H2,97,98,99)(H2,100,101,102)/t57-,58-,65-,66-,67+,68+,69+,70+,72+,73+/m1/s1. The third-order valence-corrected chi connectivity index (χ3v) is 19.5. The zero-order chi connectivity index (χ0) is 85.2. The molecule has 5 aromatic rings. The molecule has 0 radical (unpaired) electrons. The predicted octanol–water partition coefficient (Wildman–Crippen LogP) is 2.21. The predicted molar refractivity (Wildman–Crippen MR) is 408 cm³/mol. The van der Waals surface area contributed by atoms with E-state index in [0.29, 0.717) is 168 Å². The average Bonchev–Trinajstić information content (AvgIpc) is 0.900. The quantitative estimate of drug-likeness (QED) is 0.00505. The van der Waals surface area contributed by atoms with Crippen molar-refractivity contribution in [2.24, 2.45) is 0 Å². The van der Waals surface area contributed by atoms with Crippen molar-refractivity contribution in [3.63, 3.8) is 0 Å². The number of hydrogen-bond acceptors (Lipinski definition) is 32. The molecule has 2 aliphatic rings. The first-order valence-electron chi connectivity index (χ1n) is 38.4. The molecular formula is C73H110F5N11O27P2. The van der Waals surface area contributed by atoms with Crippen LogP contribution in [0.3, 0.4) is 0 Å². The lowest BCUT2D eigenvalue weighted by atomic mass is 9.97. The maximum Gasteiger partial charge on any atom is 0.325 e. The van der Waals surface area contributed by atoms with Crippen LogP contribution in [0.1, 0.15) is 56.3 Å². The Balaban J connectivity index is 0.685. The smallest absolute Gasteiger partial charge is 0.325 e. The maximum absolute atomic E-state index is 13.9. The highest BCUT2D eigenvalue weighted by molar-refractivity contribution is 7.52. The SMILES string of the molecule is C=C(NCCCCc1cn(CCOCCOCCOCCN(CCOCCOCCOCCC(=O)Oc2c(F)c(F)c(F)c(F)c2F)CCOCCOCCOCCn2cc(CCCCNC(=C)Nc3ccc(O[C@H]4O[C@H](CCP(=O)(O)O)[C@@H](O)[C@H](O)[C@@H]4O)cc3)nn2)nn1)Nc1ccc(O[C@H]2O[C@H](CCP(=O)(O)O)[C@@H](O)[C@H](O)[C@@H]2O)cc1. The minimum Gasteiger partial charge on any atom is -0.462 e. The van der Waals surface area contributed by atoms with Crippen molar-refractivity contribution in [2.75, 3.05) is 175 Å². The molecule has 3 aromatic carbocycles. The first-order valence-corrected chi connectivity index (χ1v) is 42.0. The molecule has 45 heteroatoms. The van der Waals surface area contributed by atoms with Crippen molar-refractivity contribution in [1.29, 1.82) is 0 Å². The van der Waals surface area contributed by atoms with Crippen LogP contribution in [0.5, 0.6) is 17.2 Å². The van der Waals surface area contributed by atoms with E-state index in [1.54, 1.807) is 57.9 Å². The van der Waals surface area contributed by atoms with Crippen LogP contribution in [0.4, 0.5) is 33.3 Å². The van der Waals surface area contributed by atoms with Gasteiger partial charge < -0.3 is 138 Å². The number of rotatable bonds is 63. The van der Waals surface area contributed by atoms with E-state index in [1.165, 1.54) is 0 Å². The average molecular weight is 1730 g/mol. The number of halogens is 5. The second-order valence-electron chi connectivity index (χ2n) is 27.1. The molecule has 2 fully saturated rings. The molecule has 0 saturated carbocycles. The molecule has 7 rings (SSSR count). The zero-order valence-corrected chi connectivity index (χ0v) is 67.0. The highest BCUT2D eigenvalue weighted by Gasteiger charge is 2.47. The van der Waals surface area contributed by atoms with E-state index in [9.17, 15) is 86.1 Å². The van der Waals surface area contributed by atoms with Crippen molar-refractivity contribution in [3.8, 4) is 17.2 Å². The molecule has 0 amide bonds. The van der Waals surface area contributed by atoms with E-state index in [4.69, 9.17) is 61.6 Å². The summed E-state index contributed by atoms with van der Waals surface area (Å²) >= 11 is 0.